The normalized spacial score (nSPS) is 32.0. The van der Waals surface area contributed by atoms with E-state index in [1.54, 1.807) is 0 Å². The van der Waals surface area contributed by atoms with Gasteiger partial charge >= 0.3 is 0 Å². The van der Waals surface area contributed by atoms with Gasteiger partial charge in [-0.25, -0.2) is 0 Å². The molecule has 0 saturated heterocycles. The van der Waals surface area contributed by atoms with Crippen LogP contribution in [0.3, 0.4) is 0 Å². The van der Waals surface area contributed by atoms with E-state index < -0.39 is 0 Å². The highest BCUT2D eigenvalue weighted by molar-refractivity contribution is 7.12. The molecule has 0 amide bonds. The average molecular weight is 181 g/mol. The zero-order valence-corrected chi connectivity index (χ0v) is 8.61. The van der Waals surface area contributed by atoms with Crippen LogP contribution in [-0.4, -0.2) is 6.04 Å². The first kappa shape index (κ1) is 8.27. The minimum atomic E-state index is 0.331. The molecule has 1 aliphatic carbocycles. The summed E-state index contributed by atoms with van der Waals surface area (Å²) in [6.45, 7) is 6.64. The Hall–Kier alpha value is -0.340. The van der Waals surface area contributed by atoms with Crippen molar-refractivity contribution in [2.45, 2.75) is 32.7 Å². The number of thiophene rings is 1. The lowest BCUT2D eigenvalue weighted by Crippen LogP contribution is -2.06. The molecule has 2 N–H and O–H groups in total. The molecule has 0 bridgehead atoms. The first-order valence-electron chi connectivity index (χ1n) is 4.35. The van der Waals surface area contributed by atoms with Crippen LogP contribution in [0.15, 0.2) is 12.1 Å². The molecular weight excluding hydrogens is 166 g/mol. The van der Waals surface area contributed by atoms with Crippen LogP contribution < -0.4 is 5.73 Å². The van der Waals surface area contributed by atoms with Crippen LogP contribution in [0.5, 0.6) is 0 Å². The fourth-order valence-electron chi connectivity index (χ4n) is 1.84. The summed E-state index contributed by atoms with van der Waals surface area (Å²) in [7, 11) is 0. The van der Waals surface area contributed by atoms with Gasteiger partial charge in [0.1, 0.15) is 0 Å². The molecule has 1 fully saturated rings. The summed E-state index contributed by atoms with van der Waals surface area (Å²) < 4.78 is 0. The van der Waals surface area contributed by atoms with Crippen LogP contribution in [-0.2, 0) is 0 Å². The van der Waals surface area contributed by atoms with Gasteiger partial charge in [0.2, 0.25) is 0 Å². The van der Waals surface area contributed by atoms with E-state index in [-0.39, 0.29) is 0 Å². The van der Waals surface area contributed by atoms with Gasteiger partial charge in [0.05, 0.1) is 0 Å². The summed E-state index contributed by atoms with van der Waals surface area (Å²) >= 11 is 1.88. The van der Waals surface area contributed by atoms with Gasteiger partial charge < -0.3 is 5.73 Å². The minimum absolute atomic E-state index is 0.331. The standard InChI is InChI=1S/C10H15NS/c1-6-4-5-7(12-6)8-9(11)10(8,2)3/h4-5,8-9H,11H2,1-3H3/t8-,9-/m0/s1. The molecule has 2 atom stereocenters. The fourth-order valence-corrected chi connectivity index (χ4v) is 3.06. The highest BCUT2D eigenvalue weighted by atomic mass is 32.1. The third-order valence-corrected chi connectivity index (χ3v) is 4.06. The maximum atomic E-state index is 5.99. The van der Waals surface area contributed by atoms with Crippen LogP contribution in [0.25, 0.3) is 0 Å². The van der Waals surface area contributed by atoms with E-state index in [1.807, 2.05) is 11.3 Å². The Kier molecular flexibility index (Phi) is 1.61. The molecule has 0 aromatic carbocycles. The molecule has 2 rings (SSSR count). The maximum absolute atomic E-state index is 5.99. The van der Waals surface area contributed by atoms with Crippen molar-refractivity contribution >= 4 is 11.3 Å². The number of nitrogens with two attached hydrogens (primary N) is 1. The molecule has 0 radical (unpaired) electrons. The Morgan fingerprint density at radius 3 is 2.33 bits per heavy atom. The molecule has 1 saturated carbocycles. The second-order valence-corrected chi connectivity index (χ2v) is 5.59. The summed E-state index contributed by atoms with van der Waals surface area (Å²) in [5.74, 6) is 0.608. The van der Waals surface area contributed by atoms with Gasteiger partial charge in [-0.2, -0.15) is 0 Å². The topological polar surface area (TPSA) is 26.0 Å². The van der Waals surface area contributed by atoms with E-state index in [4.69, 9.17) is 5.73 Å². The van der Waals surface area contributed by atoms with Crippen molar-refractivity contribution in [3.8, 4) is 0 Å². The van der Waals surface area contributed by atoms with Crippen molar-refractivity contribution in [1.29, 1.82) is 0 Å². The molecule has 1 nitrogen and oxygen atoms in total. The van der Waals surface area contributed by atoms with Crippen LogP contribution in [0.1, 0.15) is 29.5 Å². The number of hydrogen-bond donors (Lipinski definition) is 1. The van der Waals surface area contributed by atoms with Crippen molar-refractivity contribution in [3.63, 3.8) is 0 Å². The van der Waals surface area contributed by atoms with Gasteiger partial charge in [0.15, 0.2) is 0 Å². The molecule has 2 heteroatoms. The van der Waals surface area contributed by atoms with E-state index >= 15 is 0 Å². The Balaban J connectivity index is 2.24. The predicted octanol–water partition coefficient (Wildman–Crippen LogP) is 2.51. The molecule has 1 heterocycles. The molecule has 0 aliphatic heterocycles. The average Bonchev–Trinajstić information content (AvgIpc) is 2.38. The quantitative estimate of drug-likeness (QED) is 0.708. The Labute approximate surface area is 77.6 Å². The van der Waals surface area contributed by atoms with Gasteiger partial charge in [-0.1, -0.05) is 13.8 Å². The third-order valence-electron chi connectivity index (χ3n) is 2.98. The SMILES string of the molecule is Cc1ccc([C@H]2[C@H](N)C2(C)C)s1. The highest BCUT2D eigenvalue weighted by Gasteiger charge is 2.56. The van der Waals surface area contributed by atoms with Crippen LogP contribution in [0.4, 0.5) is 0 Å². The lowest BCUT2D eigenvalue weighted by Gasteiger charge is -1.97. The van der Waals surface area contributed by atoms with Crippen molar-refractivity contribution in [2.75, 3.05) is 0 Å². The van der Waals surface area contributed by atoms with Gasteiger partial charge in [-0.05, 0) is 24.5 Å². The Morgan fingerprint density at radius 1 is 1.42 bits per heavy atom. The van der Waals surface area contributed by atoms with E-state index in [0.717, 1.165) is 0 Å². The van der Waals surface area contributed by atoms with Gasteiger partial charge in [-0.15, -0.1) is 11.3 Å². The molecule has 1 aromatic heterocycles. The fraction of sp³-hybridized carbons (Fsp3) is 0.600. The zero-order chi connectivity index (χ0) is 8.93. The number of aryl methyl sites for hydroxylation is 1. The largest absolute Gasteiger partial charge is 0.327 e. The van der Waals surface area contributed by atoms with Crippen LogP contribution in [0.2, 0.25) is 0 Å². The van der Waals surface area contributed by atoms with Crippen molar-refractivity contribution in [1.82, 2.24) is 0 Å². The number of hydrogen-bond acceptors (Lipinski definition) is 2. The molecule has 66 valence electrons. The molecule has 1 aliphatic rings. The lowest BCUT2D eigenvalue weighted by molar-refractivity contribution is 0.601. The zero-order valence-electron chi connectivity index (χ0n) is 7.79. The lowest BCUT2D eigenvalue weighted by atomic mass is 10.1. The molecule has 0 unspecified atom stereocenters. The second-order valence-electron chi connectivity index (χ2n) is 4.27. The smallest absolute Gasteiger partial charge is 0.0180 e. The first-order chi connectivity index (χ1) is 5.53. The Morgan fingerprint density at radius 2 is 2.00 bits per heavy atom. The van der Waals surface area contributed by atoms with Crippen molar-refractivity contribution in [3.05, 3.63) is 21.9 Å². The van der Waals surface area contributed by atoms with Crippen molar-refractivity contribution < 1.29 is 0 Å². The number of rotatable bonds is 1. The van der Waals surface area contributed by atoms with Crippen LogP contribution >= 0.6 is 11.3 Å². The maximum Gasteiger partial charge on any atom is 0.0180 e. The van der Waals surface area contributed by atoms with Crippen molar-refractivity contribution in [2.24, 2.45) is 11.1 Å². The summed E-state index contributed by atoms with van der Waals surface area (Å²) in [4.78, 5) is 2.85. The molecular formula is C10H15NS. The van der Waals surface area contributed by atoms with E-state index in [1.165, 1.54) is 9.75 Å². The first-order valence-corrected chi connectivity index (χ1v) is 5.17. The third kappa shape index (κ3) is 1.02. The second kappa shape index (κ2) is 2.33. The summed E-state index contributed by atoms with van der Waals surface area (Å²) in [6, 6.07) is 4.77. The van der Waals surface area contributed by atoms with E-state index in [2.05, 4.69) is 32.9 Å². The van der Waals surface area contributed by atoms with Gasteiger partial charge in [0.25, 0.3) is 0 Å². The summed E-state index contributed by atoms with van der Waals surface area (Å²) in [5.41, 5.74) is 6.32. The van der Waals surface area contributed by atoms with E-state index in [9.17, 15) is 0 Å². The molecule has 1 aromatic rings. The van der Waals surface area contributed by atoms with Crippen LogP contribution in [0, 0.1) is 12.3 Å². The monoisotopic (exact) mass is 181 g/mol. The molecule has 0 spiro atoms. The molecule has 12 heavy (non-hydrogen) atoms. The predicted molar refractivity (Wildman–Crippen MR) is 53.6 cm³/mol. The van der Waals surface area contributed by atoms with Gasteiger partial charge in [-0.3, -0.25) is 0 Å². The summed E-state index contributed by atoms with van der Waals surface area (Å²) in [5, 5.41) is 0. The van der Waals surface area contributed by atoms with Gasteiger partial charge in [0, 0.05) is 21.7 Å². The minimum Gasteiger partial charge on any atom is -0.327 e. The van der Waals surface area contributed by atoms with E-state index in [0.29, 0.717) is 17.4 Å². The Bertz CT molecular complexity index is 301. The summed E-state index contributed by atoms with van der Waals surface area (Å²) in [6.07, 6.45) is 0. The highest BCUT2D eigenvalue weighted by Crippen LogP contribution is 2.58.